The van der Waals surface area contributed by atoms with Gasteiger partial charge in [-0.3, -0.25) is 0 Å². The summed E-state index contributed by atoms with van der Waals surface area (Å²) >= 11 is 0. The van der Waals surface area contributed by atoms with Gasteiger partial charge in [-0.15, -0.1) is 0 Å². The lowest BCUT2D eigenvalue weighted by atomic mass is 10.0. The molecule has 3 rings (SSSR count). The highest BCUT2D eigenvalue weighted by atomic mass is 16.3. The van der Waals surface area contributed by atoms with Gasteiger partial charge in [0.1, 0.15) is 5.75 Å². The van der Waals surface area contributed by atoms with Gasteiger partial charge in [0.05, 0.1) is 17.4 Å². The van der Waals surface area contributed by atoms with E-state index < -0.39 is 0 Å². The number of imidazole rings is 1. The van der Waals surface area contributed by atoms with Gasteiger partial charge in [0.25, 0.3) is 0 Å². The van der Waals surface area contributed by atoms with E-state index in [0.717, 1.165) is 22.2 Å². The van der Waals surface area contributed by atoms with Gasteiger partial charge >= 0.3 is 0 Å². The predicted molar refractivity (Wildman–Crippen MR) is 73.2 cm³/mol. The Hall–Kier alpha value is -2.55. The molecular weight excluding hydrogens is 224 g/mol. The van der Waals surface area contributed by atoms with Gasteiger partial charge in [0.2, 0.25) is 0 Å². The van der Waals surface area contributed by atoms with Crippen LogP contribution in [0.1, 0.15) is 0 Å². The third-order valence-electron chi connectivity index (χ3n) is 2.98. The fourth-order valence-electron chi connectivity index (χ4n) is 2.08. The average Bonchev–Trinajstić information content (AvgIpc) is 2.82. The van der Waals surface area contributed by atoms with Crippen molar-refractivity contribution in [3.8, 4) is 16.9 Å². The molecule has 0 radical (unpaired) electrons. The molecular formula is C15H12N2O. The van der Waals surface area contributed by atoms with E-state index in [1.807, 2.05) is 34.9 Å². The molecule has 0 fully saturated rings. The summed E-state index contributed by atoms with van der Waals surface area (Å²) in [5.74, 6) is 0.266. The first kappa shape index (κ1) is 10.6. The maximum atomic E-state index is 9.33. The van der Waals surface area contributed by atoms with Gasteiger partial charge in [-0.05, 0) is 23.8 Å². The second kappa shape index (κ2) is 4.04. The zero-order valence-corrected chi connectivity index (χ0v) is 9.74. The van der Waals surface area contributed by atoms with Crippen LogP contribution in [0, 0.1) is 0 Å². The molecule has 1 heterocycles. The topological polar surface area (TPSA) is 38.0 Å². The lowest BCUT2D eigenvalue weighted by Crippen LogP contribution is -1.83. The number of fused-ring (bicyclic) bond motifs is 1. The van der Waals surface area contributed by atoms with E-state index in [9.17, 15) is 5.11 Å². The minimum absolute atomic E-state index is 0.266. The lowest BCUT2D eigenvalue weighted by molar-refractivity contribution is 0.475. The highest BCUT2D eigenvalue weighted by Gasteiger charge is 2.07. The molecule has 0 aliphatic heterocycles. The van der Waals surface area contributed by atoms with Crippen molar-refractivity contribution in [3.63, 3.8) is 0 Å². The molecule has 1 N–H and O–H groups in total. The summed E-state index contributed by atoms with van der Waals surface area (Å²) in [6.45, 7) is 3.76. The van der Waals surface area contributed by atoms with Gasteiger partial charge in [-0.2, -0.15) is 0 Å². The molecule has 0 atom stereocenters. The first-order valence-corrected chi connectivity index (χ1v) is 5.67. The van der Waals surface area contributed by atoms with E-state index >= 15 is 0 Å². The molecule has 3 heteroatoms. The van der Waals surface area contributed by atoms with Crippen LogP contribution in [0.25, 0.3) is 28.4 Å². The van der Waals surface area contributed by atoms with Crippen LogP contribution >= 0.6 is 0 Å². The van der Waals surface area contributed by atoms with Crippen LogP contribution in [-0.2, 0) is 0 Å². The molecule has 0 saturated carbocycles. The molecule has 88 valence electrons. The fraction of sp³-hybridized carbons (Fsp3) is 0. The molecule has 3 aromatic rings. The molecule has 0 spiro atoms. The van der Waals surface area contributed by atoms with E-state index in [4.69, 9.17) is 0 Å². The standard InChI is InChI=1S/C15H12N2O/c1-2-17-10-16-15-13(4-3-5-14(15)17)11-6-8-12(18)9-7-11/h2-10,18H,1H2. The number of nitrogens with zero attached hydrogens (tertiary/aromatic N) is 2. The third-order valence-corrected chi connectivity index (χ3v) is 2.98. The van der Waals surface area contributed by atoms with Crippen LogP contribution in [0.3, 0.4) is 0 Å². The Kier molecular flexibility index (Phi) is 2.38. The summed E-state index contributed by atoms with van der Waals surface area (Å²) in [6, 6.07) is 13.2. The van der Waals surface area contributed by atoms with E-state index in [-0.39, 0.29) is 5.75 Å². The molecule has 0 aliphatic carbocycles. The van der Waals surface area contributed by atoms with E-state index in [1.165, 1.54) is 0 Å². The second-order valence-corrected chi connectivity index (χ2v) is 4.05. The molecule has 2 aromatic carbocycles. The largest absolute Gasteiger partial charge is 0.508 e. The van der Waals surface area contributed by atoms with Crippen LogP contribution < -0.4 is 0 Å². The first-order valence-electron chi connectivity index (χ1n) is 5.67. The first-order chi connectivity index (χ1) is 8.79. The molecule has 18 heavy (non-hydrogen) atoms. The Morgan fingerprint density at radius 3 is 2.61 bits per heavy atom. The zero-order chi connectivity index (χ0) is 12.5. The second-order valence-electron chi connectivity index (χ2n) is 4.05. The fourth-order valence-corrected chi connectivity index (χ4v) is 2.08. The molecule has 1 aromatic heterocycles. The number of aromatic hydroxyl groups is 1. The maximum Gasteiger partial charge on any atom is 0.115 e. The minimum Gasteiger partial charge on any atom is -0.508 e. The van der Waals surface area contributed by atoms with Crippen molar-refractivity contribution in [1.29, 1.82) is 0 Å². The molecule has 3 nitrogen and oxygen atoms in total. The summed E-state index contributed by atoms with van der Waals surface area (Å²) in [4.78, 5) is 4.42. The van der Waals surface area contributed by atoms with Crippen molar-refractivity contribution < 1.29 is 5.11 Å². The van der Waals surface area contributed by atoms with E-state index in [0.29, 0.717) is 0 Å². The molecule has 0 saturated heterocycles. The van der Waals surface area contributed by atoms with Crippen LogP contribution in [-0.4, -0.2) is 14.7 Å². The van der Waals surface area contributed by atoms with Crippen molar-refractivity contribution in [3.05, 3.63) is 55.4 Å². The van der Waals surface area contributed by atoms with Gasteiger partial charge in [0.15, 0.2) is 0 Å². The smallest absolute Gasteiger partial charge is 0.115 e. The van der Waals surface area contributed by atoms with Gasteiger partial charge < -0.3 is 9.67 Å². The third kappa shape index (κ3) is 1.57. The summed E-state index contributed by atoms with van der Waals surface area (Å²) in [5.41, 5.74) is 4.04. The van der Waals surface area contributed by atoms with Gasteiger partial charge in [-0.25, -0.2) is 4.98 Å². The Bertz CT molecular complexity index is 711. The van der Waals surface area contributed by atoms with Gasteiger partial charge in [-0.1, -0.05) is 30.8 Å². The van der Waals surface area contributed by atoms with Crippen LogP contribution in [0.15, 0.2) is 55.4 Å². The van der Waals surface area contributed by atoms with Gasteiger partial charge in [0, 0.05) is 11.8 Å². The van der Waals surface area contributed by atoms with Crippen molar-refractivity contribution >= 4 is 17.2 Å². The number of benzene rings is 2. The number of para-hydroxylation sites is 1. The molecule has 0 bridgehead atoms. The van der Waals surface area contributed by atoms with Crippen LogP contribution in [0.2, 0.25) is 0 Å². The number of hydrogen-bond acceptors (Lipinski definition) is 2. The zero-order valence-electron chi connectivity index (χ0n) is 9.74. The average molecular weight is 236 g/mol. The SMILES string of the molecule is C=Cn1cnc2c(-c3ccc(O)cc3)cccc21. The Balaban J connectivity index is 2.26. The van der Waals surface area contributed by atoms with Crippen molar-refractivity contribution in [2.75, 3.05) is 0 Å². The number of aromatic nitrogens is 2. The minimum atomic E-state index is 0.266. The molecule has 0 amide bonds. The Morgan fingerprint density at radius 2 is 1.89 bits per heavy atom. The van der Waals surface area contributed by atoms with Crippen molar-refractivity contribution in [1.82, 2.24) is 9.55 Å². The summed E-state index contributed by atoms with van der Waals surface area (Å²) in [6.07, 6.45) is 3.48. The van der Waals surface area contributed by atoms with Crippen LogP contribution in [0.5, 0.6) is 5.75 Å². The molecule has 0 unspecified atom stereocenters. The Labute approximate surface area is 105 Å². The van der Waals surface area contributed by atoms with Crippen molar-refractivity contribution in [2.24, 2.45) is 0 Å². The number of hydrogen-bond donors (Lipinski definition) is 1. The van der Waals surface area contributed by atoms with E-state index in [2.05, 4.69) is 11.6 Å². The monoisotopic (exact) mass is 236 g/mol. The highest BCUT2D eigenvalue weighted by molar-refractivity contribution is 5.92. The summed E-state index contributed by atoms with van der Waals surface area (Å²) in [7, 11) is 0. The Morgan fingerprint density at radius 1 is 1.11 bits per heavy atom. The van der Waals surface area contributed by atoms with Crippen molar-refractivity contribution in [2.45, 2.75) is 0 Å². The lowest BCUT2D eigenvalue weighted by Gasteiger charge is -2.03. The molecule has 0 aliphatic rings. The predicted octanol–water partition coefficient (Wildman–Crippen LogP) is 3.51. The quantitative estimate of drug-likeness (QED) is 0.739. The summed E-state index contributed by atoms with van der Waals surface area (Å²) in [5, 5.41) is 9.33. The van der Waals surface area contributed by atoms with E-state index in [1.54, 1.807) is 24.7 Å². The number of rotatable bonds is 2. The number of phenolic OH excluding ortho intramolecular Hbond substituents is 1. The normalized spacial score (nSPS) is 10.7. The highest BCUT2D eigenvalue weighted by Crippen LogP contribution is 2.28. The maximum absolute atomic E-state index is 9.33. The van der Waals surface area contributed by atoms with Crippen LogP contribution in [0.4, 0.5) is 0 Å². The summed E-state index contributed by atoms with van der Waals surface area (Å²) < 4.78 is 1.89. The number of phenols is 1.